The van der Waals surface area contributed by atoms with E-state index >= 15 is 0 Å². The van der Waals surface area contributed by atoms with Crippen molar-refractivity contribution >= 4 is 35.3 Å². The van der Waals surface area contributed by atoms with Crippen molar-refractivity contribution in [2.24, 2.45) is 0 Å². The normalized spacial score (nSPS) is 16.4. The molecule has 2 rings (SSSR count). The van der Waals surface area contributed by atoms with Gasteiger partial charge in [0.05, 0.1) is 10.0 Å². The Hall–Kier alpha value is -0.930. The van der Waals surface area contributed by atoms with Gasteiger partial charge in [0, 0.05) is 31.9 Å². The molecule has 1 fully saturated rings. The van der Waals surface area contributed by atoms with Crippen LogP contribution in [0, 0.1) is 0 Å². The van der Waals surface area contributed by atoms with E-state index < -0.39 is 0 Å². The Bertz CT molecular complexity index is 390. The Morgan fingerprint density at radius 3 is 2.31 bits per heavy atom. The first-order valence-corrected chi connectivity index (χ1v) is 5.85. The molecular weight excluding hydrogens is 247 g/mol. The highest BCUT2D eigenvalue weighted by atomic mass is 35.5. The van der Waals surface area contributed by atoms with Crippen molar-refractivity contribution in [3.05, 3.63) is 28.2 Å². The predicted octanol–water partition coefficient (Wildman–Crippen LogP) is 2.27. The van der Waals surface area contributed by atoms with E-state index in [1.54, 1.807) is 11.0 Å². The van der Waals surface area contributed by atoms with E-state index in [1.807, 2.05) is 12.1 Å². The van der Waals surface area contributed by atoms with E-state index in [1.165, 1.54) is 0 Å². The molecular formula is C11H12Cl2N2O. The predicted molar refractivity (Wildman–Crippen MR) is 66.3 cm³/mol. The number of anilines is 1. The number of piperazine rings is 1. The van der Waals surface area contributed by atoms with Crippen LogP contribution in [0.3, 0.4) is 0 Å². The summed E-state index contributed by atoms with van der Waals surface area (Å²) in [6.07, 6.45) is 0.895. The van der Waals surface area contributed by atoms with E-state index in [-0.39, 0.29) is 0 Å². The molecule has 1 aliphatic heterocycles. The molecule has 0 radical (unpaired) electrons. The Balaban J connectivity index is 2.08. The second kappa shape index (κ2) is 4.93. The van der Waals surface area contributed by atoms with Crippen LogP contribution in [0.1, 0.15) is 0 Å². The van der Waals surface area contributed by atoms with Crippen LogP contribution in [0.4, 0.5) is 5.69 Å². The fourth-order valence-electron chi connectivity index (χ4n) is 1.77. The number of rotatable bonds is 2. The molecule has 0 atom stereocenters. The Morgan fingerprint density at radius 2 is 1.75 bits per heavy atom. The molecule has 16 heavy (non-hydrogen) atoms. The van der Waals surface area contributed by atoms with Crippen molar-refractivity contribution in [2.75, 3.05) is 31.1 Å². The van der Waals surface area contributed by atoms with Gasteiger partial charge in [0.15, 0.2) is 0 Å². The molecule has 0 spiro atoms. The number of nitrogens with zero attached hydrogens (tertiary/aromatic N) is 2. The first-order valence-electron chi connectivity index (χ1n) is 5.10. The van der Waals surface area contributed by atoms with Crippen LogP contribution in [-0.2, 0) is 4.79 Å². The van der Waals surface area contributed by atoms with Crippen LogP contribution < -0.4 is 4.90 Å². The van der Waals surface area contributed by atoms with Crippen LogP contribution in [0.5, 0.6) is 0 Å². The molecule has 1 amide bonds. The maximum atomic E-state index is 10.6. The van der Waals surface area contributed by atoms with E-state index in [0.717, 1.165) is 38.3 Å². The number of carbonyl (C=O) groups is 1. The second-order valence-electron chi connectivity index (χ2n) is 3.73. The number of hydrogen-bond acceptors (Lipinski definition) is 2. The standard InChI is InChI=1S/C11H12Cl2N2O/c12-10-2-1-9(7-11(10)13)15-5-3-14(8-16)4-6-15/h1-2,7-8H,3-6H2. The molecule has 5 heteroatoms. The van der Waals surface area contributed by atoms with Gasteiger partial charge in [-0.25, -0.2) is 0 Å². The molecule has 1 aliphatic rings. The number of hydrogen-bond donors (Lipinski definition) is 0. The maximum Gasteiger partial charge on any atom is 0.209 e. The van der Waals surface area contributed by atoms with Crippen LogP contribution in [-0.4, -0.2) is 37.5 Å². The minimum Gasteiger partial charge on any atom is -0.368 e. The number of carbonyl (C=O) groups excluding carboxylic acids is 1. The quantitative estimate of drug-likeness (QED) is 0.761. The van der Waals surface area contributed by atoms with Crippen molar-refractivity contribution in [3.8, 4) is 0 Å². The van der Waals surface area contributed by atoms with Crippen molar-refractivity contribution in [1.29, 1.82) is 0 Å². The molecule has 0 N–H and O–H groups in total. The fraction of sp³-hybridized carbons (Fsp3) is 0.364. The highest BCUT2D eigenvalue weighted by molar-refractivity contribution is 6.42. The van der Waals surface area contributed by atoms with Gasteiger partial charge in [-0.2, -0.15) is 0 Å². The molecule has 0 saturated carbocycles. The number of halogens is 2. The summed E-state index contributed by atoms with van der Waals surface area (Å²) in [6.45, 7) is 3.17. The third-order valence-electron chi connectivity index (χ3n) is 2.73. The van der Waals surface area contributed by atoms with Gasteiger partial charge in [-0.15, -0.1) is 0 Å². The number of benzene rings is 1. The minimum absolute atomic E-state index is 0.567. The second-order valence-corrected chi connectivity index (χ2v) is 4.54. The fourth-order valence-corrected chi connectivity index (χ4v) is 2.06. The molecule has 0 aliphatic carbocycles. The Morgan fingerprint density at radius 1 is 1.06 bits per heavy atom. The van der Waals surface area contributed by atoms with Gasteiger partial charge in [-0.1, -0.05) is 23.2 Å². The molecule has 0 bridgehead atoms. The largest absolute Gasteiger partial charge is 0.368 e. The lowest BCUT2D eigenvalue weighted by Gasteiger charge is -2.34. The monoisotopic (exact) mass is 258 g/mol. The summed E-state index contributed by atoms with van der Waals surface area (Å²) >= 11 is 11.8. The van der Waals surface area contributed by atoms with Gasteiger partial charge >= 0.3 is 0 Å². The highest BCUT2D eigenvalue weighted by Crippen LogP contribution is 2.27. The Kier molecular flexibility index (Phi) is 3.56. The first kappa shape index (κ1) is 11.6. The SMILES string of the molecule is O=CN1CCN(c2ccc(Cl)c(Cl)c2)CC1. The van der Waals surface area contributed by atoms with Crippen LogP contribution in [0.2, 0.25) is 10.0 Å². The summed E-state index contributed by atoms with van der Waals surface area (Å²) in [5.41, 5.74) is 1.06. The summed E-state index contributed by atoms with van der Waals surface area (Å²) in [7, 11) is 0. The maximum absolute atomic E-state index is 10.6. The third-order valence-corrected chi connectivity index (χ3v) is 3.47. The zero-order chi connectivity index (χ0) is 11.5. The van der Waals surface area contributed by atoms with Crippen molar-refractivity contribution in [3.63, 3.8) is 0 Å². The van der Waals surface area contributed by atoms with Crippen molar-refractivity contribution in [2.45, 2.75) is 0 Å². The smallest absolute Gasteiger partial charge is 0.209 e. The zero-order valence-corrected chi connectivity index (χ0v) is 10.2. The van der Waals surface area contributed by atoms with Gasteiger partial charge in [0.1, 0.15) is 0 Å². The molecule has 1 aromatic carbocycles. The van der Waals surface area contributed by atoms with E-state index in [4.69, 9.17) is 23.2 Å². The summed E-state index contributed by atoms with van der Waals surface area (Å²) in [4.78, 5) is 14.5. The van der Waals surface area contributed by atoms with Gasteiger partial charge in [0.2, 0.25) is 6.41 Å². The Labute approximate surface area is 105 Å². The summed E-state index contributed by atoms with van der Waals surface area (Å²) in [5.74, 6) is 0. The van der Waals surface area contributed by atoms with Gasteiger partial charge in [0.25, 0.3) is 0 Å². The first-order chi connectivity index (χ1) is 7.70. The third kappa shape index (κ3) is 2.42. The molecule has 1 saturated heterocycles. The van der Waals surface area contributed by atoms with Crippen LogP contribution in [0.15, 0.2) is 18.2 Å². The summed E-state index contributed by atoms with van der Waals surface area (Å²) in [6, 6.07) is 5.61. The van der Waals surface area contributed by atoms with Crippen LogP contribution >= 0.6 is 23.2 Å². The average Bonchev–Trinajstić information content (AvgIpc) is 2.33. The zero-order valence-electron chi connectivity index (χ0n) is 8.70. The highest BCUT2D eigenvalue weighted by Gasteiger charge is 2.16. The van der Waals surface area contributed by atoms with E-state index in [0.29, 0.717) is 10.0 Å². The molecule has 3 nitrogen and oxygen atoms in total. The van der Waals surface area contributed by atoms with Crippen molar-refractivity contribution < 1.29 is 4.79 Å². The molecule has 86 valence electrons. The topological polar surface area (TPSA) is 23.6 Å². The van der Waals surface area contributed by atoms with Crippen LogP contribution in [0.25, 0.3) is 0 Å². The van der Waals surface area contributed by atoms with E-state index in [9.17, 15) is 4.79 Å². The molecule has 0 unspecified atom stereocenters. The van der Waals surface area contributed by atoms with Gasteiger partial charge in [-0.3, -0.25) is 4.79 Å². The average molecular weight is 259 g/mol. The molecule has 0 aromatic heterocycles. The van der Waals surface area contributed by atoms with Crippen molar-refractivity contribution in [1.82, 2.24) is 4.90 Å². The molecule has 1 aromatic rings. The lowest BCUT2D eigenvalue weighted by Crippen LogP contribution is -2.45. The summed E-state index contributed by atoms with van der Waals surface area (Å²) < 4.78 is 0. The molecule has 1 heterocycles. The minimum atomic E-state index is 0.567. The van der Waals surface area contributed by atoms with Gasteiger partial charge < -0.3 is 9.80 Å². The van der Waals surface area contributed by atoms with Gasteiger partial charge in [-0.05, 0) is 18.2 Å². The summed E-state index contributed by atoms with van der Waals surface area (Å²) in [5, 5.41) is 1.13. The number of amides is 1. The van der Waals surface area contributed by atoms with E-state index in [2.05, 4.69) is 4.90 Å². The lowest BCUT2D eigenvalue weighted by atomic mass is 10.2. The lowest BCUT2D eigenvalue weighted by molar-refractivity contribution is -0.118.